The highest BCUT2D eigenvalue weighted by molar-refractivity contribution is 9.09. The van der Waals surface area contributed by atoms with Gasteiger partial charge in [0.2, 0.25) is 0 Å². The highest BCUT2D eigenvalue weighted by Crippen LogP contribution is 2.42. The predicted molar refractivity (Wildman–Crippen MR) is 85.7 cm³/mol. The molecule has 1 aliphatic heterocycles. The Morgan fingerprint density at radius 1 is 1.26 bits per heavy atom. The van der Waals surface area contributed by atoms with Gasteiger partial charge in [-0.15, -0.1) is 0 Å². The van der Waals surface area contributed by atoms with E-state index >= 15 is 0 Å². The van der Waals surface area contributed by atoms with Gasteiger partial charge in [0.1, 0.15) is 9.84 Å². The van der Waals surface area contributed by atoms with Crippen molar-refractivity contribution in [3.8, 4) is 0 Å². The minimum Gasteiger partial charge on any atom is -0.229 e. The minimum absolute atomic E-state index is 0.107. The molecule has 1 fully saturated rings. The first-order valence-corrected chi connectivity index (χ1v) is 12.3. The molecule has 0 aromatic carbocycles. The summed E-state index contributed by atoms with van der Waals surface area (Å²) >= 11 is 6.97. The average Bonchev–Trinajstić information content (AvgIpc) is 2.64. The zero-order valence-electron chi connectivity index (χ0n) is 10.9. The van der Waals surface area contributed by atoms with Crippen molar-refractivity contribution in [2.45, 2.75) is 19.3 Å². The molecule has 8 heteroatoms. The van der Waals surface area contributed by atoms with Crippen LogP contribution < -0.4 is 0 Å². The summed E-state index contributed by atoms with van der Waals surface area (Å²) in [6, 6.07) is 0. The number of hydrogen-bond acceptors (Lipinski definition) is 4. The normalized spacial score (nSPS) is 23.6. The third kappa shape index (κ3) is 5.28. The van der Waals surface area contributed by atoms with Crippen LogP contribution in [0.5, 0.6) is 0 Å². The summed E-state index contributed by atoms with van der Waals surface area (Å²) in [5, 5.41) is 1.38. The van der Waals surface area contributed by atoms with Crippen LogP contribution >= 0.6 is 31.9 Å². The van der Waals surface area contributed by atoms with E-state index < -0.39 is 19.7 Å². The highest BCUT2D eigenvalue weighted by atomic mass is 79.9. The van der Waals surface area contributed by atoms with Crippen LogP contribution in [-0.2, 0) is 19.7 Å². The van der Waals surface area contributed by atoms with Gasteiger partial charge in [0, 0.05) is 22.7 Å². The topological polar surface area (TPSA) is 68.3 Å². The Hall–Kier alpha value is 0.860. The van der Waals surface area contributed by atoms with E-state index in [2.05, 4.69) is 31.9 Å². The quantitative estimate of drug-likeness (QED) is 0.569. The van der Waals surface area contributed by atoms with E-state index in [1.165, 1.54) is 6.26 Å². The van der Waals surface area contributed by atoms with Crippen LogP contribution in [0.3, 0.4) is 0 Å². The molecule has 1 unspecified atom stereocenters. The van der Waals surface area contributed by atoms with Crippen LogP contribution in [0.2, 0.25) is 0 Å². The Morgan fingerprint density at radius 3 is 2.21 bits per heavy atom. The largest absolute Gasteiger partial charge is 0.229 e. The molecule has 1 rings (SSSR count). The molecule has 0 N–H and O–H groups in total. The molecular weight excluding hydrogens is 420 g/mol. The molecule has 4 nitrogen and oxygen atoms in total. The van der Waals surface area contributed by atoms with Gasteiger partial charge in [0.15, 0.2) is 9.84 Å². The predicted octanol–water partition coefficient (Wildman–Crippen LogP) is 2.02. The van der Waals surface area contributed by atoms with Crippen LogP contribution in [0.4, 0.5) is 0 Å². The SMILES string of the molecule is CS(=O)(=O)CCCC(CBr)(CBr)C1CCS(=O)(=O)C1. The van der Waals surface area contributed by atoms with E-state index in [9.17, 15) is 16.8 Å². The van der Waals surface area contributed by atoms with Crippen molar-refractivity contribution < 1.29 is 16.8 Å². The third-order valence-electron chi connectivity index (χ3n) is 3.82. The molecule has 114 valence electrons. The van der Waals surface area contributed by atoms with Crippen molar-refractivity contribution >= 4 is 51.5 Å². The zero-order valence-corrected chi connectivity index (χ0v) is 15.7. The van der Waals surface area contributed by atoms with E-state index in [4.69, 9.17) is 0 Å². The first-order valence-electron chi connectivity index (χ1n) is 6.14. The number of hydrogen-bond donors (Lipinski definition) is 0. The summed E-state index contributed by atoms with van der Waals surface area (Å²) in [6.07, 6.45) is 3.21. The van der Waals surface area contributed by atoms with Gasteiger partial charge in [0.25, 0.3) is 0 Å². The van der Waals surface area contributed by atoms with E-state index in [0.717, 1.165) is 6.42 Å². The molecule has 0 radical (unpaired) electrons. The summed E-state index contributed by atoms with van der Waals surface area (Å²) < 4.78 is 45.6. The fourth-order valence-corrected chi connectivity index (χ4v) is 7.57. The molecule has 19 heavy (non-hydrogen) atoms. The molecule has 0 amide bonds. The molecule has 0 aliphatic carbocycles. The maximum atomic E-state index is 11.6. The lowest BCUT2D eigenvalue weighted by atomic mass is 9.75. The number of sulfone groups is 2. The Labute approximate surface area is 132 Å². The highest BCUT2D eigenvalue weighted by Gasteiger charge is 2.43. The van der Waals surface area contributed by atoms with Crippen molar-refractivity contribution in [1.29, 1.82) is 0 Å². The second-order valence-corrected chi connectivity index (χ2v) is 11.1. The van der Waals surface area contributed by atoms with E-state index in [0.29, 0.717) is 23.5 Å². The molecule has 0 saturated carbocycles. The first kappa shape index (κ1) is 17.9. The van der Waals surface area contributed by atoms with Gasteiger partial charge in [-0.3, -0.25) is 0 Å². The fraction of sp³-hybridized carbons (Fsp3) is 1.00. The van der Waals surface area contributed by atoms with Gasteiger partial charge >= 0.3 is 0 Å². The summed E-state index contributed by atoms with van der Waals surface area (Å²) in [5.74, 6) is 0.749. The van der Waals surface area contributed by atoms with Gasteiger partial charge in [-0.2, -0.15) is 0 Å². The van der Waals surface area contributed by atoms with Crippen LogP contribution in [0, 0.1) is 11.3 Å². The first-order chi connectivity index (χ1) is 8.64. The van der Waals surface area contributed by atoms with Gasteiger partial charge in [0.05, 0.1) is 11.5 Å². The van der Waals surface area contributed by atoms with Crippen molar-refractivity contribution in [1.82, 2.24) is 0 Å². The van der Waals surface area contributed by atoms with Crippen molar-refractivity contribution in [2.75, 3.05) is 34.2 Å². The maximum absolute atomic E-state index is 11.6. The summed E-state index contributed by atoms with van der Waals surface area (Å²) in [5.41, 5.74) is -0.172. The minimum atomic E-state index is -2.96. The summed E-state index contributed by atoms with van der Waals surface area (Å²) in [6.45, 7) is 0. The second-order valence-electron chi connectivity index (χ2n) is 5.46. The smallest absolute Gasteiger partial charge is 0.150 e. The second kappa shape index (κ2) is 6.75. The monoisotopic (exact) mass is 438 g/mol. The van der Waals surface area contributed by atoms with E-state index in [-0.39, 0.29) is 28.6 Å². The lowest BCUT2D eigenvalue weighted by Gasteiger charge is -2.35. The summed E-state index contributed by atoms with van der Waals surface area (Å²) in [7, 11) is -5.87. The Bertz CT molecular complexity index is 495. The molecule has 0 bridgehead atoms. The zero-order chi connectivity index (χ0) is 14.7. The fourth-order valence-electron chi connectivity index (χ4n) is 2.56. The summed E-state index contributed by atoms with van der Waals surface area (Å²) in [4.78, 5) is 0. The number of halogens is 2. The molecule has 1 atom stereocenters. The molecule has 0 spiro atoms. The molecule has 0 aromatic rings. The average molecular weight is 440 g/mol. The number of alkyl halides is 2. The molecule has 0 aromatic heterocycles. The van der Waals surface area contributed by atoms with Crippen LogP contribution in [0.1, 0.15) is 19.3 Å². The number of rotatable bonds is 7. The van der Waals surface area contributed by atoms with Gasteiger partial charge in [-0.25, -0.2) is 16.8 Å². The van der Waals surface area contributed by atoms with Crippen molar-refractivity contribution in [3.05, 3.63) is 0 Å². The van der Waals surface area contributed by atoms with Crippen LogP contribution in [0.25, 0.3) is 0 Å². The molecular formula is C11H20Br2O4S2. The van der Waals surface area contributed by atoms with E-state index in [1.54, 1.807) is 0 Å². The third-order valence-corrected chi connectivity index (χ3v) is 8.85. The standard InChI is InChI=1S/C11H20Br2O4S2/c1-18(14,15)5-2-4-11(8-12,9-13)10-3-6-19(16,17)7-10/h10H,2-9H2,1H3. The van der Waals surface area contributed by atoms with Crippen LogP contribution in [-0.4, -0.2) is 51.0 Å². The maximum Gasteiger partial charge on any atom is 0.150 e. The molecule has 1 heterocycles. The van der Waals surface area contributed by atoms with Crippen LogP contribution in [0.15, 0.2) is 0 Å². The van der Waals surface area contributed by atoms with E-state index in [1.807, 2.05) is 0 Å². The Morgan fingerprint density at radius 2 is 1.84 bits per heavy atom. The van der Waals surface area contributed by atoms with Gasteiger partial charge in [-0.05, 0) is 30.6 Å². The van der Waals surface area contributed by atoms with Gasteiger partial charge < -0.3 is 0 Å². The molecule has 1 aliphatic rings. The lowest BCUT2D eigenvalue weighted by molar-refractivity contribution is 0.233. The molecule has 1 saturated heterocycles. The lowest BCUT2D eigenvalue weighted by Crippen LogP contribution is -2.35. The van der Waals surface area contributed by atoms with Crippen molar-refractivity contribution in [3.63, 3.8) is 0 Å². The Kier molecular flexibility index (Phi) is 6.36. The van der Waals surface area contributed by atoms with Crippen molar-refractivity contribution in [2.24, 2.45) is 11.3 Å². The Balaban J connectivity index is 2.74. The van der Waals surface area contributed by atoms with Gasteiger partial charge in [-0.1, -0.05) is 31.9 Å².